The van der Waals surface area contributed by atoms with Crippen molar-refractivity contribution >= 4 is 22.8 Å². The van der Waals surface area contributed by atoms with Gasteiger partial charge in [-0.2, -0.15) is 0 Å². The minimum absolute atomic E-state index is 0.186. The topological polar surface area (TPSA) is 82.3 Å². The summed E-state index contributed by atoms with van der Waals surface area (Å²) in [6, 6.07) is 7.60. The van der Waals surface area contributed by atoms with E-state index in [0.29, 0.717) is 11.5 Å². The second-order valence-electron chi connectivity index (χ2n) is 8.16. The van der Waals surface area contributed by atoms with Crippen molar-refractivity contribution in [3.8, 4) is 0 Å². The molecule has 0 aliphatic heterocycles. The zero-order chi connectivity index (χ0) is 19.8. The number of para-hydroxylation sites is 1. The number of nitrogens with two attached hydrogens (primary N) is 1. The first-order chi connectivity index (χ1) is 12.7. The van der Waals surface area contributed by atoms with Crippen LogP contribution >= 0.6 is 0 Å². The quantitative estimate of drug-likeness (QED) is 0.814. The fourth-order valence-electron chi connectivity index (χ4n) is 3.85. The Kier molecular flexibility index (Phi) is 5.22. The number of pyridine rings is 1. The maximum absolute atomic E-state index is 13.0. The van der Waals surface area contributed by atoms with Gasteiger partial charge in [-0.05, 0) is 49.1 Å². The van der Waals surface area contributed by atoms with E-state index in [1.54, 1.807) is 0 Å². The molecule has 1 aliphatic rings. The van der Waals surface area contributed by atoms with Crippen molar-refractivity contribution in [3.05, 3.63) is 41.1 Å². The van der Waals surface area contributed by atoms with E-state index in [1.807, 2.05) is 24.3 Å². The van der Waals surface area contributed by atoms with Crippen LogP contribution < -0.4 is 5.73 Å². The van der Waals surface area contributed by atoms with E-state index >= 15 is 0 Å². The number of ether oxygens (including phenoxy) is 1. The molecule has 0 bridgehead atoms. The number of benzene rings is 1. The number of carbonyl (C=O) groups is 2. The summed E-state index contributed by atoms with van der Waals surface area (Å²) in [7, 11) is 0. The van der Waals surface area contributed by atoms with Crippen LogP contribution in [0, 0.1) is 11.3 Å². The molecule has 2 N–H and O–H groups in total. The number of carbonyl (C=O) groups excluding carboxylic acids is 2. The van der Waals surface area contributed by atoms with E-state index < -0.39 is 18.0 Å². The van der Waals surface area contributed by atoms with Gasteiger partial charge in [0.1, 0.15) is 0 Å². The Labute approximate surface area is 160 Å². The van der Waals surface area contributed by atoms with Gasteiger partial charge in [-0.15, -0.1) is 0 Å². The molecule has 5 nitrogen and oxygen atoms in total. The average molecular weight is 368 g/mol. The van der Waals surface area contributed by atoms with Gasteiger partial charge < -0.3 is 10.5 Å². The summed E-state index contributed by atoms with van der Waals surface area (Å²) >= 11 is 0. The van der Waals surface area contributed by atoms with E-state index in [9.17, 15) is 9.59 Å². The highest BCUT2D eigenvalue weighted by Crippen LogP contribution is 2.41. The predicted octanol–water partition coefficient (Wildman–Crippen LogP) is 3.81. The lowest BCUT2D eigenvalue weighted by Crippen LogP contribution is -2.33. The highest BCUT2D eigenvalue weighted by atomic mass is 16.5. The van der Waals surface area contributed by atoms with Gasteiger partial charge in [0.2, 0.25) is 0 Å². The number of nitrogens with zero attached hydrogens (tertiary/aromatic N) is 1. The van der Waals surface area contributed by atoms with Gasteiger partial charge in [0.25, 0.3) is 5.91 Å². The summed E-state index contributed by atoms with van der Waals surface area (Å²) in [5.74, 6) is -0.676. The van der Waals surface area contributed by atoms with Crippen LogP contribution in [-0.4, -0.2) is 23.0 Å². The summed E-state index contributed by atoms with van der Waals surface area (Å²) in [6.07, 6.45) is 2.81. The lowest BCUT2D eigenvalue weighted by atomic mass is 9.68. The monoisotopic (exact) mass is 368 g/mol. The van der Waals surface area contributed by atoms with Gasteiger partial charge in [0, 0.05) is 11.1 Å². The number of amides is 1. The molecule has 2 atom stereocenters. The summed E-state index contributed by atoms with van der Waals surface area (Å²) in [6.45, 7) is 8.27. The van der Waals surface area contributed by atoms with Crippen molar-refractivity contribution < 1.29 is 14.3 Å². The second-order valence-corrected chi connectivity index (χ2v) is 8.16. The first kappa shape index (κ1) is 19.3. The lowest BCUT2D eigenvalue weighted by molar-refractivity contribution is -0.125. The second kappa shape index (κ2) is 7.29. The third-order valence-electron chi connectivity index (χ3n) is 6.16. The Balaban J connectivity index is 2.11. The predicted molar refractivity (Wildman–Crippen MR) is 105 cm³/mol. The molecule has 1 aliphatic carbocycles. The summed E-state index contributed by atoms with van der Waals surface area (Å²) in [5.41, 5.74) is 8.72. The van der Waals surface area contributed by atoms with Crippen LogP contribution in [0.4, 0.5) is 0 Å². The fourth-order valence-corrected chi connectivity index (χ4v) is 3.85. The summed E-state index contributed by atoms with van der Waals surface area (Å²) < 4.78 is 5.38. The molecular formula is C22H28N2O3. The van der Waals surface area contributed by atoms with Crippen molar-refractivity contribution in [2.75, 3.05) is 0 Å². The van der Waals surface area contributed by atoms with E-state index in [4.69, 9.17) is 15.5 Å². The maximum atomic E-state index is 13.0. The molecule has 1 heterocycles. The molecule has 3 rings (SSSR count). The normalized spacial score (nSPS) is 18.0. The molecular weight excluding hydrogens is 340 g/mol. The molecule has 1 aromatic heterocycles. The molecule has 0 spiro atoms. The van der Waals surface area contributed by atoms with Crippen molar-refractivity contribution in [2.24, 2.45) is 17.1 Å². The summed E-state index contributed by atoms with van der Waals surface area (Å²) in [5, 5.41) is 0.771. The first-order valence-electron chi connectivity index (χ1n) is 9.65. The lowest BCUT2D eigenvalue weighted by Gasteiger charge is -2.37. The molecule has 0 unspecified atom stereocenters. The van der Waals surface area contributed by atoms with E-state index in [-0.39, 0.29) is 5.41 Å². The van der Waals surface area contributed by atoms with Crippen LogP contribution in [0.2, 0.25) is 0 Å². The van der Waals surface area contributed by atoms with Crippen molar-refractivity contribution in [2.45, 2.75) is 59.5 Å². The number of hydrogen-bond donors (Lipinski definition) is 1. The van der Waals surface area contributed by atoms with Crippen molar-refractivity contribution in [1.82, 2.24) is 4.98 Å². The smallest absolute Gasteiger partial charge is 0.339 e. The molecule has 144 valence electrons. The zero-order valence-corrected chi connectivity index (χ0v) is 16.5. The number of hydrogen-bond acceptors (Lipinski definition) is 4. The third-order valence-corrected chi connectivity index (χ3v) is 6.16. The van der Waals surface area contributed by atoms with Crippen LogP contribution in [0.3, 0.4) is 0 Å². The Morgan fingerprint density at radius 3 is 2.70 bits per heavy atom. The summed E-state index contributed by atoms with van der Waals surface area (Å²) in [4.78, 5) is 29.2. The minimum atomic E-state index is -0.966. The van der Waals surface area contributed by atoms with Crippen molar-refractivity contribution in [1.29, 1.82) is 0 Å². The van der Waals surface area contributed by atoms with E-state index in [1.165, 1.54) is 6.92 Å². The first-order valence-corrected chi connectivity index (χ1v) is 9.65. The number of aromatic nitrogens is 1. The van der Waals surface area contributed by atoms with Gasteiger partial charge in [-0.1, -0.05) is 45.4 Å². The number of aryl methyl sites for hydroxylation is 1. The fraction of sp³-hybridized carbons (Fsp3) is 0.500. The Bertz CT molecular complexity index is 889. The number of rotatable bonds is 5. The zero-order valence-electron chi connectivity index (χ0n) is 16.5. The van der Waals surface area contributed by atoms with E-state index in [0.717, 1.165) is 47.8 Å². The van der Waals surface area contributed by atoms with Crippen LogP contribution in [-0.2, 0) is 22.4 Å². The molecule has 2 aromatic rings. The van der Waals surface area contributed by atoms with Gasteiger partial charge >= 0.3 is 5.97 Å². The van der Waals surface area contributed by atoms with Crippen LogP contribution in [0.1, 0.15) is 62.2 Å². The van der Waals surface area contributed by atoms with E-state index in [2.05, 4.69) is 20.8 Å². The van der Waals surface area contributed by atoms with Crippen LogP contribution in [0.15, 0.2) is 24.3 Å². The maximum Gasteiger partial charge on any atom is 0.339 e. The molecule has 5 heteroatoms. The Hall–Kier alpha value is -2.43. The highest BCUT2D eigenvalue weighted by molar-refractivity contribution is 6.05. The number of primary amides is 1. The molecule has 1 aromatic carbocycles. The van der Waals surface area contributed by atoms with Crippen LogP contribution in [0.25, 0.3) is 10.9 Å². The molecule has 0 radical (unpaired) electrons. The SMILES string of the molecule is CCC(C)(C)[C@H]1CCc2nc3ccccc3c(C(=O)O[C@H](C)C(N)=O)c2C1. The van der Waals surface area contributed by atoms with Crippen LogP contribution in [0.5, 0.6) is 0 Å². The standard InChI is InChI=1S/C22H28N2O3/c1-5-22(3,4)14-10-11-18-16(12-14)19(21(26)27-13(2)20(23)25)15-8-6-7-9-17(15)24-18/h6-9,13-14H,5,10-12H2,1-4H3,(H2,23,25)/t13-,14+/m1/s1. The van der Waals surface area contributed by atoms with Gasteiger partial charge in [0.15, 0.2) is 6.10 Å². The molecule has 1 amide bonds. The average Bonchev–Trinajstić information content (AvgIpc) is 2.65. The van der Waals surface area contributed by atoms with Crippen molar-refractivity contribution in [3.63, 3.8) is 0 Å². The Morgan fingerprint density at radius 1 is 1.33 bits per heavy atom. The molecule has 0 fully saturated rings. The number of fused-ring (bicyclic) bond motifs is 2. The highest BCUT2D eigenvalue weighted by Gasteiger charge is 2.35. The molecule has 0 saturated carbocycles. The Morgan fingerprint density at radius 2 is 2.04 bits per heavy atom. The number of esters is 1. The van der Waals surface area contributed by atoms with Gasteiger partial charge in [-0.25, -0.2) is 4.79 Å². The molecule has 0 saturated heterocycles. The largest absolute Gasteiger partial charge is 0.449 e. The molecule has 27 heavy (non-hydrogen) atoms. The minimum Gasteiger partial charge on any atom is -0.449 e. The van der Waals surface area contributed by atoms with Gasteiger partial charge in [0.05, 0.1) is 11.1 Å². The van der Waals surface area contributed by atoms with Gasteiger partial charge in [-0.3, -0.25) is 9.78 Å². The third kappa shape index (κ3) is 3.68.